The number of nitrogens with zero attached hydrogens (tertiary/aromatic N) is 1. The van der Waals surface area contributed by atoms with Gasteiger partial charge in [0.25, 0.3) is 0 Å². The number of carbonyl (C=O) groups excluding carboxylic acids is 1. The van der Waals surface area contributed by atoms with Crippen LogP contribution in [0, 0.1) is 5.92 Å². The fraction of sp³-hybridized carbons (Fsp3) is 0.263. The van der Waals surface area contributed by atoms with Gasteiger partial charge in [0.15, 0.2) is 0 Å². The number of carboxylic acids is 1. The van der Waals surface area contributed by atoms with E-state index in [1.54, 1.807) is 31.4 Å². The summed E-state index contributed by atoms with van der Waals surface area (Å²) in [5, 5.41) is 9.05. The van der Waals surface area contributed by atoms with E-state index in [4.69, 9.17) is 14.6 Å². The Kier molecular flexibility index (Phi) is 4.88. The standard InChI is InChI=1S/C19H19NO5/c1-24-17-4-2-3-13(9-17)12-25-16-7-5-15(6-8-16)20-11-14(19(22)23)10-18(20)21/h2-9,14H,10-12H2,1H3,(H,22,23). The van der Waals surface area contributed by atoms with E-state index in [1.165, 1.54) is 4.90 Å². The number of carboxylic acid groups (broad SMARTS) is 1. The summed E-state index contributed by atoms with van der Waals surface area (Å²) < 4.78 is 10.9. The Hall–Kier alpha value is -3.02. The van der Waals surface area contributed by atoms with Crippen LogP contribution in [-0.4, -0.2) is 30.6 Å². The number of methoxy groups -OCH3 is 1. The third-order valence-electron chi connectivity index (χ3n) is 4.16. The molecule has 0 radical (unpaired) electrons. The highest BCUT2D eigenvalue weighted by molar-refractivity contribution is 5.99. The molecule has 2 aromatic carbocycles. The quantitative estimate of drug-likeness (QED) is 0.874. The van der Waals surface area contributed by atoms with Crippen molar-refractivity contribution in [1.29, 1.82) is 0 Å². The summed E-state index contributed by atoms with van der Waals surface area (Å²) in [5.41, 5.74) is 1.67. The van der Waals surface area contributed by atoms with Crippen LogP contribution in [0.15, 0.2) is 48.5 Å². The van der Waals surface area contributed by atoms with Crippen molar-refractivity contribution in [3.8, 4) is 11.5 Å². The van der Waals surface area contributed by atoms with E-state index in [2.05, 4.69) is 0 Å². The van der Waals surface area contributed by atoms with Crippen molar-refractivity contribution in [2.24, 2.45) is 5.92 Å². The summed E-state index contributed by atoms with van der Waals surface area (Å²) >= 11 is 0. The molecule has 0 spiro atoms. The molecule has 6 nitrogen and oxygen atoms in total. The number of ether oxygens (including phenoxy) is 2. The summed E-state index contributed by atoms with van der Waals surface area (Å²) in [6.45, 7) is 0.610. The van der Waals surface area contributed by atoms with E-state index in [0.29, 0.717) is 18.0 Å². The van der Waals surface area contributed by atoms with Crippen LogP contribution in [0.1, 0.15) is 12.0 Å². The molecule has 1 aliphatic rings. The van der Waals surface area contributed by atoms with Crippen LogP contribution in [0.5, 0.6) is 11.5 Å². The summed E-state index contributed by atoms with van der Waals surface area (Å²) in [6.07, 6.45) is 0.0451. The average molecular weight is 341 g/mol. The largest absolute Gasteiger partial charge is 0.497 e. The fourth-order valence-corrected chi connectivity index (χ4v) is 2.77. The monoisotopic (exact) mass is 341 g/mol. The number of hydrogen-bond acceptors (Lipinski definition) is 4. The van der Waals surface area contributed by atoms with Crippen LogP contribution in [0.4, 0.5) is 5.69 Å². The Balaban J connectivity index is 1.62. The van der Waals surface area contributed by atoms with Gasteiger partial charge in [-0.15, -0.1) is 0 Å². The zero-order chi connectivity index (χ0) is 17.8. The molecule has 0 bridgehead atoms. The molecule has 3 rings (SSSR count). The number of benzene rings is 2. The van der Waals surface area contributed by atoms with Crippen molar-refractivity contribution in [3.63, 3.8) is 0 Å². The molecular weight excluding hydrogens is 322 g/mol. The van der Waals surface area contributed by atoms with Crippen LogP contribution >= 0.6 is 0 Å². The molecule has 1 N–H and O–H groups in total. The van der Waals surface area contributed by atoms with Crippen LogP contribution in [0.3, 0.4) is 0 Å². The summed E-state index contributed by atoms with van der Waals surface area (Å²) in [4.78, 5) is 24.5. The van der Waals surface area contributed by atoms with Crippen LogP contribution in [0.25, 0.3) is 0 Å². The van der Waals surface area contributed by atoms with Gasteiger partial charge in [0.05, 0.1) is 13.0 Å². The molecule has 25 heavy (non-hydrogen) atoms. The fourth-order valence-electron chi connectivity index (χ4n) is 2.77. The average Bonchev–Trinajstić information content (AvgIpc) is 3.03. The van der Waals surface area contributed by atoms with E-state index in [1.807, 2.05) is 24.3 Å². The molecule has 1 saturated heterocycles. The molecule has 1 fully saturated rings. The highest BCUT2D eigenvalue weighted by Gasteiger charge is 2.34. The molecule has 0 aliphatic carbocycles. The molecule has 1 unspecified atom stereocenters. The highest BCUT2D eigenvalue weighted by Crippen LogP contribution is 2.27. The number of hydrogen-bond donors (Lipinski definition) is 1. The van der Waals surface area contributed by atoms with Gasteiger partial charge in [0.2, 0.25) is 5.91 Å². The van der Waals surface area contributed by atoms with Gasteiger partial charge >= 0.3 is 5.97 Å². The Morgan fingerprint density at radius 1 is 1.20 bits per heavy atom. The number of rotatable bonds is 6. The molecule has 2 aromatic rings. The third kappa shape index (κ3) is 3.91. The summed E-state index contributed by atoms with van der Waals surface area (Å²) in [7, 11) is 1.62. The topological polar surface area (TPSA) is 76.1 Å². The van der Waals surface area contributed by atoms with Crippen molar-refractivity contribution in [2.75, 3.05) is 18.6 Å². The number of carbonyl (C=O) groups is 2. The van der Waals surface area contributed by atoms with E-state index in [9.17, 15) is 9.59 Å². The lowest BCUT2D eigenvalue weighted by Gasteiger charge is -2.16. The van der Waals surface area contributed by atoms with Crippen molar-refractivity contribution in [3.05, 3.63) is 54.1 Å². The van der Waals surface area contributed by atoms with E-state index < -0.39 is 11.9 Å². The predicted octanol–water partition coefficient (Wildman–Crippen LogP) is 2.71. The Morgan fingerprint density at radius 2 is 1.96 bits per heavy atom. The van der Waals surface area contributed by atoms with E-state index in [-0.39, 0.29) is 18.9 Å². The minimum atomic E-state index is -0.936. The number of aliphatic carboxylic acids is 1. The highest BCUT2D eigenvalue weighted by atomic mass is 16.5. The zero-order valence-electron chi connectivity index (χ0n) is 13.8. The van der Waals surface area contributed by atoms with Crippen molar-refractivity contribution in [2.45, 2.75) is 13.0 Å². The van der Waals surface area contributed by atoms with Gasteiger partial charge in [-0.2, -0.15) is 0 Å². The second-order valence-electron chi connectivity index (χ2n) is 5.88. The number of amides is 1. The zero-order valence-corrected chi connectivity index (χ0v) is 13.8. The normalized spacial score (nSPS) is 16.8. The minimum Gasteiger partial charge on any atom is -0.497 e. The Bertz CT molecular complexity index is 772. The van der Waals surface area contributed by atoms with Gasteiger partial charge < -0.3 is 19.5 Å². The first-order valence-corrected chi connectivity index (χ1v) is 7.96. The van der Waals surface area contributed by atoms with Gasteiger partial charge in [0, 0.05) is 18.7 Å². The molecule has 1 amide bonds. The molecule has 1 atom stereocenters. The molecule has 6 heteroatoms. The second-order valence-corrected chi connectivity index (χ2v) is 5.88. The summed E-state index contributed by atoms with van der Waals surface area (Å²) in [5.74, 6) is -0.298. The van der Waals surface area contributed by atoms with E-state index in [0.717, 1.165) is 11.3 Å². The summed E-state index contributed by atoms with van der Waals surface area (Å²) in [6, 6.07) is 14.7. The predicted molar refractivity (Wildman–Crippen MR) is 91.9 cm³/mol. The maximum absolute atomic E-state index is 12.0. The minimum absolute atomic E-state index is 0.0451. The first-order chi connectivity index (χ1) is 12.1. The molecule has 1 aliphatic heterocycles. The van der Waals surface area contributed by atoms with Crippen LogP contribution < -0.4 is 14.4 Å². The molecule has 0 saturated carbocycles. The van der Waals surface area contributed by atoms with Gasteiger partial charge in [-0.25, -0.2) is 0 Å². The first kappa shape index (κ1) is 16.8. The number of anilines is 1. The maximum atomic E-state index is 12.0. The molecule has 1 heterocycles. The molecular formula is C19H19NO5. The lowest BCUT2D eigenvalue weighted by molar-refractivity contribution is -0.141. The Morgan fingerprint density at radius 3 is 2.60 bits per heavy atom. The van der Waals surface area contributed by atoms with Gasteiger partial charge in [0.1, 0.15) is 18.1 Å². The van der Waals surface area contributed by atoms with Crippen molar-refractivity contribution in [1.82, 2.24) is 0 Å². The second kappa shape index (κ2) is 7.25. The third-order valence-corrected chi connectivity index (χ3v) is 4.16. The van der Waals surface area contributed by atoms with Gasteiger partial charge in [-0.1, -0.05) is 12.1 Å². The lowest BCUT2D eigenvalue weighted by Crippen LogP contribution is -2.25. The SMILES string of the molecule is COc1cccc(COc2ccc(N3CC(C(=O)O)CC3=O)cc2)c1. The van der Waals surface area contributed by atoms with Crippen molar-refractivity contribution < 1.29 is 24.2 Å². The van der Waals surface area contributed by atoms with Gasteiger partial charge in [-0.05, 0) is 42.0 Å². The maximum Gasteiger partial charge on any atom is 0.308 e. The molecule has 0 aromatic heterocycles. The smallest absolute Gasteiger partial charge is 0.308 e. The Labute approximate surface area is 145 Å². The molecule has 130 valence electrons. The van der Waals surface area contributed by atoms with Gasteiger partial charge in [-0.3, -0.25) is 9.59 Å². The van der Waals surface area contributed by atoms with Crippen molar-refractivity contribution >= 4 is 17.6 Å². The van der Waals surface area contributed by atoms with E-state index >= 15 is 0 Å². The van der Waals surface area contributed by atoms with Crippen LogP contribution in [-0.2, 0) is 16.2 Å². The van der Waals surface area contributed by atoms with Crippen LogP contribution in [0.2, 0.25) is 0 Å². The first-order valence-electron chi connectivity index (χ1n) is 7.96. The lowest BCUT2D eigenvalue weighted by atomic mass is 10.1.